The molecule has 1 saturated heterocycles. The maximum Gasteiger partial charge on any atom is 0.220 e. The van der Waals surface area contributed by atoms with Crippen LogP contribution in [-0.4, -0.2) is 91.9 Å². The SMILES string of the molecule is CCCCCCCCCCCCCCC[C@@H](O)[C@@H](NC(=O)CCCCCCCCCCCCC)C(O)[C@@H]1O[C@H](CO)[C@@H](O)[C@H](O)[C@H]1O. The molecule has 1 amide bonds. The first-order chi connectivity index (χ1) is 22.8. The molecule has 1 heterocycles. The molecule has 7 N–H and O–H groups in total. The average Bonchev–Trinajstić information content (AvgIpc) is 3.06. The van der Waals surface area contributed by atoms with Crippen LogP contribution in [0.4, 0.5) is 0 Å². The lowest BCUT2D eigenvalue weighted by Crippen LogP contribution is -2.66. The zero-order chi connectivity index (χ0) is 34.7. The summed E-state index contributed by atoms with van der Waals surface area (Å²) in [5.41, 5.74) is 0. The zero-order valence-corrected chi connectivity index (χ0v) is 30.2. The smallest absolute Gasteiger partial charge is 0.220 e. The third kappa shape index (κ3) is 19.8. The number of aliphatic hydroxyl groups excluding tert-OH is 6. The van der Waals surface area contributed by atoms with Crippen LogP contribution >= 0.6 is 0 Å². The van der Waals surface area contributed by atoms with Crippen LogP contribution in [0.25, 0.3) is 0 Å². The first kappa shape index (κ1) is 44.2. The number of ether oxygens (including phenoxy) is 1. The van der Waals surface area contributed by atoms with Crippen molar-refractivity contribution in [3.8, 4) is 0 Å². The van der Waals surface area contributed by atoms with E-state index in [9.17, 15) is 35.4 Å². The highest BCUT2D eigenvalue weighted by Gasteiger charge is 2.48. The second-order valence-electron chi connectivity index (χ2n) is 14.3. The Morgan fingerprint density at radius 2 is 1.00 bits per heavy atom. The van der Waals surface area contributed by atoms with Crippen LogP contribution in [0.15, 0.2) is 0 Å². The van der Waals surface area contributed by atoms with Crippen LogP contribution in [-0.2, 0) is 9.53 Å². The monoisotopic (exact) mass is 674 g/mol. The molecule has 280 valence electrons. The van der Waals surface area contributed by atoms with Crippen molar-refractivity contribution in [2.45, 2.75) is 230 Å². The van der Waals surface area contributed by atoms with Gasteiger partial charge >= 0.3 is 0 Å². The number of nitrogens with one attached hydrogen (secondary N) is 1. The molecule has 9 heteroatoms. The molecule has 0 spiro atoms. The Kier molecular flexibility index (Phi) is 27.3. The minimum absolute atomic E-state index is 0.264. The Morgan fingerprint density at radius 3 is 1.43 bits per heavy atom. The number of hydrogen-bond donors (Lipinski definition) is 7. The predicted octanol–water partition coefficient (Wildman–Crippen LogP) is 6.22. The molecule has 1 unspecified atom stereocenters. The first-order valence-corrected chi connectivity index (χ1v) is 19.7. The summed E-state index contributed by atoms with van der Waals surface area (Å²) < 4.78 is 5.58. The number of unbranched alkanes of at least 4 members (excludes halogenated alkanes) is 22. The van der Waals surface area contributed by atoms with E-state index in [2.05, 4.69) is 19.2 Å². The van der Waals surface area contributed by atoms with Gasteiger partial charge < -0.3 is 40.7 Å². The molecule has 0 aliphatic carbocycles. The summed E-state index contributed by atoms with van der Waals surface area (Å²) in [6, 6.07) is -1.13. The van der Waals surface area contributed by atoms with Crippen LogP contribution in [0.2, 0.25) is 0 Å². The molecule has 1 fully saturated rings. The third-order valence-corrected chi connectivity index (χ3v) is 9.99. The zero-order valence-electron chi connectivity index (χ0n) is 30.2. The Bertz CT molecular complexity index is 726. The second kappa shape index (κ2) is 29.0. The molecular formula is C38H75NO8. The van der Waals surface area contributed by atoms with Crippen molar-refractivity contribution < 1.29 is 40.2 Å². The molecule has 0 aromatic heterocycles. The molecule has 0 aromatic rings. The van der Waals surface area contributed by atoms with Gasteiger partial charge in [-0.3, -0.25) is 4.79 Å². The largest absolute Gasteiger partial charge is 0.394 e. The van der Waals surface area contributed by atoms with Gasteiger partial charge in [0.25, 0.3) is 0 Å². The standard InChI is InChI=1S/C38H75NO8/c1-3-5-7-9-11-13-15-16-18-19-21-23-25-27-30(41)33(35(44)38-37(46)36(45)34(43)31(29-40)47-38)39-32(42)28-26-24-22-20-17-14-12-10-8-6-4-2/h30-31,33-38,40-41,43-46H,3-29H2,1-2H3,(H,39,42)/t30-,31-,33-,34-,35?,36+,37-,38+/m1/s1. The summed E-state index contributed by atoms with van der Waals surface area (Å²) in [6.45, 7) is 3.85. The predicted molar refractivity (Wildman–Crippen MR) is 189 cm³/mol. The fourth-order valence-corrected chi connectivity index (χ4v) is 6.78. The lowest BCUT2D eigenvalue weighted by atomic mass is 9.87. The highest BCUT2D eigenvalue weighted by atomic mass is 16.6. The van der Waals surface area contributed by atoms with E-state index in [1.807, 2.05) is 0 Å². The number of amides is 1. The van der Waals surface area contributed by atoms with Crippen molar-refractivity contribution in [3.05, 3.63) is 0 Å². The van der Waals surface area contributed by atoms with E-state index in [1.165, 1.54) is 103 Å². The average molecular weight is 674 g/mol. The lowest BCUT2D eigenvalue weighted by Gasteiger charge is -2.44. The van der Waals surface area contributed by atoms with Crippen molar-refractivity contribution in [1.29, 1.82) is 0 Å². The van der Waals surface area contributed by atoms with Gasteiger partial charge in [-0.15, -0.1) is 0 Å². The van der Waals surface area contributed by atoms with Crippen molar-refractivity contribution in [3.63, 3.8) is 0 Å². The fourth-order valence-electron chi connectivity index (χ4n) is 6.78. The van der Waals surface area contributed by atoms with Crippen LogP contribution in [0.3, 0.4) is 0 Å². The highest BCUT2D eigenvalue weighted by molar-refractivity contribution is 5.76. The maximum atomic E-state index is 12.9. The number of aliphatic hydroxyl groups is 6. The molecule has 0 saturated carbocycles. The van der Waals surface area contributed by atoms with E-state index < -0.39 is 55.4 Å². The fraction of sp³-hybridized carbons (Fsp3) is 0.974. The van der Waals surface area contributed by atoms with Crippen molar-refractivity contribution in [2.24, 2.45) is 0 Å². The maximum absolute atomic E-state index is 12.9. The van der Waals surface area contributed by atoms with Crippen molar-refractivity contribution in [2.75, 3.05) is 6.61 Å². The van der Waals surface area contributed by atoms with Gasteiger partial charge in [-0.1, -0.05) is 162 Å². The van der Waals surface area contributed by atoms with Gasteiger partial charge in [-0.05, 0) is 12.8 Å². The van der Waals surface area contributed by atoms with Crippen LogP contribution in [0.5, 0.6) is 0 Å². The highest BCUT2D eigenvalue weighted by Crippen LogP contribution is 2.26. The number of carbonyl (C=O) groups is 1. The summed E-state index contributed by atoms with van der Waals surface area (Å²) in [5.74, 6) is -0.293. The summed E-state index contributed by atoms with van der Waals surface area (Å²) in [7, 11) is 0. The molecular weight excluding hydrogens is 598 g/mol. The topological polar surface area (TPSA) is 160 Å². The Morgan fingerprint density at radius 1 is 0.596 bits per heavy atom. The third-order valence-electron chi connectivity index (χ3n) is 9.99. The van der Waals surface area contributed by atoms with Crippen LogP contribution in [0.1, 0.15) is 181 Å². The Balaban J connectivity index is 2.51. The van der Waals surface area contributed by atoms with Gasteiger partial charge in [0, 0.05) is 6.42 Å². The number of rotatable bonds is 31. The van der Waals surface area contributed by atoms with Gasteiger partial charge in [0.05, 0.1) is 18.8 Å². The second-order valence-corrected chi connectivity index (χ2v) is 14.3. The van der Waals surface area contributed by atoms with Crippen LogP contribution < -0.4 is 5.32 Å². The molecule has 0 radical (unpaired) electrons. The molecule has 47 heavy (non-hydrogen) atoms. The minimum Gasteiger partial charge on any atom is -0.394 e. The van der Waals surface area contributed by atoms with Gasteiger partial charge in [-0.2, -0.15) is 0 Å². The summed E-state index contributed by atoms with van der Waals surface area (Å²) in [5, 5.41) is 65.9. The summed E-state index contributed by atoms with van der Waals surface area (Å²) in [6.07, 6.45) is 19.0. The number of carbonyl (C=O) groups excluding carboxylic acids is 1. The summed E-state index contributed by atoms with van der Waals surface area (Å²) >= 11 is 0. The molecule has 1 aliphatic rings. The van der Waals surface area contributed by atoms with Crippen molar-refractivity contribution in [1.82, 2.24) is 5.32 Å². The van der Waals surface area contributed by atoms with E-state index in [0.717, 1.165) is 44.9 Å². The molecule has 0 bridgehead atoms. The number of hydrogen-bond acceptors (Lipinski definition) is 8. The molecule has 8 atom stereocenters. The molecule has 1 rings (SSSR count). The molecule has 0 aromatic carbocycles. The van der Waals surface area contributed by atoms with Crippen LogP contribution in [0, 0.1) is 0 Å². The lowest BCUT2D eigenvalue weighted by molar-refractivity contribution is -0.253. The van der Waals surface area contributed by atoms with Gasteiger partial charge in [0.15, 0.2) is 0 Å². The Hall–Kier alpha value is -0.810. The van der Waals surface area contributed by atoms with Gasteiger partial charge in [-0.25, -0.2) is 0 Å². The Labute approximate surface area is 287 Å². The van der Waals surface area contributed by atoms with E-state index in [-0.39, 0.29) is 12.3 Å². The van der Waals surface area contributed by atoms with E-state index in [0.29, 0.717) is 12.8 Å². The summed E-state index contributed by atoms with van der Waals surface area (Å²) in [4.78, 5) is 12.9. The van der Waals surface area contributed by atoms with Crippen molar-refractivity contribution >= 4 is 5.91 Å². The minimum atomic E-state index is -1.66. The molecule has 9 nitrogen and oxygen atoms in total. The first-order valence-electron chi connectivity index (χ1n) is 19.7. The van der Waals surface area contributed by atoms with E-state index in [1.54, 1.807) is 0 Å². The van der Waals surface area contributed by atoms with Gasteiger partial charge in [0.1, 0.15) is 36.6 Å². The molecule has 1 aliphatic heterocycles. The normalized spacial score (nSPS) is 23.4. The van der Waals surface area contributed by atoms with Gasteiger partial charge in [0.2, 0.25) is 5.91 Å². The van der Waals surface area contributed by atoms with E-state index >= 15 is 0 Å². The van der Waals surface area contributed by atoms with E-state index in [4.69, 9.17) is 4.74 Å². The quantitative estimate of drug-likeness (QED) is 0.0428.